The first-order valence-electron chi connectivity index (χ1n) is 9.97. The van der Waals surface area contributed by atoms with Gasteiger partial charge in [0.25, 0.3) is 5.56 Å². The molecule has 0 bridgehead atoms. The molecular weight excluding hydrogens is 409 g/mol. The third kappa shape index (κ3) is 2.89. The summed E-state index contributed by atoms with van der Waals surface area (Å²) in [5.41, 5.74) is 9.24. The van der Waals surface area contributed by atoms with Crippen LogP contribution in [-0.2, 0) is 7.05 Å². The van der Waals surface area contributed by atoms with Crippen LogP contribution in [0, 0.1) is 12.7 Å². The molecule has 1 aromatic carbocycles. The van der Waals surface area contributed by atoms with Crippen molar-refractivity contribution >= 4 is 33.4 Å². The van der Waals surface area contributed by atoms with Gasteiger partial charge in [-0.2, -0.15) is 5.10 Å². The Morgan fingerprint density at radius 1 is 1.19 bits per heavy atom. The highest BCUT2D eigenvalue weighted by atomic mass is 19.1. The van der Waals surface area contributed by atoms with Gasteiger partial charge in [-0.05, 0) is 42.8 Å². The number of pyridine rings is 3. The molecule has 5 aromatic rings. The molecule has 32 heavy (non-hydrogen) atoms. The topological polar surface area (TPSA) is 104 Å². The van der Waals surface area contributed by atoms with Crippen LogP contribution >= 0.6 is 0 Å². The second-order valence-corrected chi connectivity index (χ2v) is 7.55. The number of hydrogen-bond acceptors (Lipinski definition) is 6. The van der Waals surface area contributed by atoms with Gasteiger partial charge in [0.1, 0.15) is 0 Å². The molecule has 8 nitrogen and oxygen atoms in total. The molecule has 0 saturated carbocycles. The van der Waals surface area contributed by atoms with Crippen LogP contribution in [0.25, 0.3) is 38.8 Å². The number of nitrogens with two attached hydrogens (primary N) is 1. The lowest BCUT2D eigenvalue weighted by Crippen LogP contribution is -2.24. The number of anilines is 2. The van der Waals surface area contributed by atoms with Gasteiger partial charge < -0.3 is 11.1 Å². The Morgan fingerprint density at radius 3 is 2.75 bits per heavy atom. The number of nitrogen functional groups attached to an aromatic ring is 1. The zero-order valence-corrected chi connectivity index (χ0v) is 17.7. The molecule has 0 aliphatic carbocycles. The molecule has 9 heteroatoms. The zero-order chi connectivity index (χ0) is 22.6. The molecule has 0 unspecified atom stereocenters. The number of hydrogen-bond donors (Lipinski definition) is 2. The standard InChI is InChI=1S/C23H20FN7O/c1-12-18(5-4-8-27-12)31-22-15(10-16(24)21(25)28-22)20(26-2)19(23(31)32)13-6-7-17-14(9-13)11-30(3)29-17/h4-11,26H,1-3H3,(H2,25,28). The van der Waals surface area contributed by atoms with Crippen LogP contribution in [0.15, 0.2) is 53.6 Å². The number of halogens is 1. The number of rotatable bonds is 3. The first-order valence-corrected chi connectivity index (χ1v) is 9.97. The molecule has 0 aliphatic heterocycles. The van der Waals surface area contributed by atoms with Crippen LogP contribution in [0.5, 0.6) is 0 Å². The average Bonchev–Trinajstić information content (AvgIpc) is 3.14. The Bertz CT molecular complexity index is 1590. The lowest BCUT2D eigenvalue weighted by atomic mass is 10.0. The first kappa shape index (κ1) is 19.7. The van der Waals surface area contributed by atoms with Crippen molar-refractivity contribution in [3.8, 4) is 16.8 Å². The highest BCUT2D eigenvalue weighted by Crippen LogP contribution is 2.34. The average molecular weight is 429 g/mol. The summed E-state index contributed by atoms with van der Waals surface area (Å²) in [5, 5.41) is 8.79. The van der Waals surface area contributed by atoms with E-state index in [1.54, 1.807) is 37.0 Å². The maximum atomic E-state index is 14.5. The van der Waals surface area contributed by atoms with Crippen molar-refractivity contribution in [2.45, 2.75) is 6.92 Å². The molecule has 0 saturated heterocycles. The third-order valence-electron chi connectivity index (χ3n) is 5.51. The van der Waals surface area contributed by atoms with Gasteiger partial charge in [-0.15, -0.1) is 0 Å². The maximum Gasteiger partial charge on any atom is 0.266 e. The largest absolute Gasteiger partial charge is 0.387 e. The molecular formula is C23H20FN7O. The number of aromatic nitrogens is 5. The van der Waals surface area contributed by atoms with Gasteiger partial charge in [0, 0.05) is 37.3 Å². The van der Waals surface area contributed by atoms with Crippen LogP contribution in [0.2, 0.25) is 0 Å². The van der Waals surface area contributed by atoms with Crippen molar-refractivity contribution in [3.05, 3.63) is 70.7 Å². The lowest BCUT2D eigenvalue weighted by Gasteiger charge is -2.18. The minimum absolute atomic E-state index is 0.251. The summed E-state index contributed by atoms with van der Waals surface area (Å²) in [7, 11) is 3.53. The molecule has 0 fully saturated rings. The third-order valence-corrected chi connectivity index (χ3v) is 5.51. The number of benzene rings is 1. The molecule has 3 N–H and O–H groups in total. The molecule has 160 valence electrons. The summed E-state index contributed by atoms with van der Waals surface area (Å²) in [6, 6.07) is 10.4. The van der Waals surface area contributed by atoms with Crippen LogP contribution in [-0.4, -0.2) is 31.4 Å². The molecule has 0 atom stereocenters. The Morgan fingerprint density at radius 2 is 2.00 bits per heavy atom. The molecule has 0 aliphatic rings. The van der Waals surface area contributed by atoms with E-state index in [1.165, 1.54) is 10.6 Å². The van der Waals surface area contributed by atoms with Crippen LogP contribution in [0.1, 0.15) is 5.69 Å². The van der Waals surface area contributed by atoms with Crippen molar-refractivity contribution in [1.82, 2.24) is 24.3 Å². The fourth-order valence-corrected chi connectivity index (χ4v) is 4.06. The van der Waals surface area contributed by atoms with E-state index in [0.29, 0.717) is 33.6 Å². The van der Waals surface area contributed by atoms with Crippen LogP contribution in [0.3, 0.4) is 0 Å². The van der Waals surface area contributed by atoms with E-state index < -0.39 is 5.82 Å². The van der Waals surface area contributed by atoms with Crippen molar-refractivity contribution in [1.29, 1.82) is 0 Å². The summed E-state index contributed by atoms with van der Waals surface area (Å²) in [4.78, 5) is 22.5. The fraction of sp³-hybridized carbons (Fsp3) is 0.130. The summed E-state index contributed by atoms with van der Waals surface area (Å²) in [5.74, 6) is -0.936. The van der Waals surface area contributed by atoms with E-state index >= 15 is 0 Å². The summed E-state index contributed by atoms with van der Waals surface area (Å²) in [6.45, 7) is 1.80. The van der Waals surface area contributed by atoms with Gasteiger partial charge in [-0.3, -0.25) is 19.0 Å². The Kier molecular flexibility index (Phi) is 4.40. The second kappa shape index (κ2) is 7.16. The maximum absolute atomic E-state index is 14.5. The molecule has 0 radical (unpaired) electrons. The van der Waals surface area contributed by atoms with Gasteiger partial charge in [0.15, 0.2) is 17.3 Å². The van der Waals surface area contributed by atoms with Gasteiger partial charge in [-0.1, -0.05) is 6.07 Å². The van der Waals surface area contributed by atoms with E-state index in [1.807, 2.05) is 31.4 Å². The molecule has 0 spiro atoms. The smallest absolute Gasteiger partial charge is 0.266 e. The predicted molar refractivity (Wildman–Crippen MR) is 123 cm³/mol. The van der Waals surface area contributed by atoms with Crippen LogP contribution in [0.4, 0.5) is 15.9 Å². The minimum Gasteiger partial charge on any atom is -0.387 e. The van der Waals surface area contributed by atoms with Gasteiger partial charge >= 0.3 is 0 Å². The van der Waals surface area contributed by atoms with E-state index in [0.717, 1.165) is 10.9 Å². The Balaban J connectivity index is 1.97. The quantitative estimate of drug-likeness (QED) is 0.456. The Labute approximate surface area is 182 Å². The zero-order valence-electron chi connectivity index (χ0n) is 17.7. The summed E-state index contributed by atoms with van der Waals surface area (Å²) in [6.07, 6.45) is 3.53. The summed E-state index contributed by atoms with van der Waals surface area (Å²) >= 11 is 0. The van der Waals surface area contributed by atoms with Crippen molar-refractivity contribution < 1.29 is 4.39 Å². The number of fused-ring (bicyclic) bond motifs is 2. The highest BCUT2D eigenvalue weighted by Gasteiger charge is 2.22. The molecule has 4 heterocycles. The minimum atomic E-state index is -0.657. The van der Waals surface area contributed by atoms with Crippen molar-refractivity contribution in [2.75, 3.05) is 18.1 Å². The van der Waals surface area contributed by atoms with E-state index in [9.17, 15) is 9.18 Å². The normalized spacial score (nSPS) is 11.4. The van der Waals surface area contributed by atoms with Crippen molar-refractivity contribution in [2.24, 2.45) is 7.05 Å². The number of nitrogens with zero attached hydrogens (tertiary/aromatic N) is 5. The van der Waals surface area contributed by atoms with E-state index in [-0.39, 0.29) is 17.0 Å². The summed E-state index contributed by atoms with van der Waals surface area (Å²) < 4.78 is 17.7. The number of nitrogens with one attached hydrogen (secondary N) is 1. The van der Waals surface area contributed by atoms with E-state index in [4.69, 9.17) is 5.73 Å². The van der Waals surface area contributed by atoms with Gasteiger partial charge in [-0.25, -0.2) is 9.37 Å². The lowest BCUT2D eigenvalue weighted by molar-refractivity contribution is 0.629. The molecule has 5 rings (SSSR count). The van der Waals surface area contributed by atoms with Gasteiger partial charge in [0.2, 0.25) is 0 Å². The SMILES string of the molecule is CNc1c(-c2ccc3nn(C)cc3c2)c(=O)n(-c2cccnc2C)c2nc(N)c(F)cc12. The monoisotopic (exact) mass is 429 g/mol. The predicted octanol–water partition coefficient (Wildman–Crippen LogP) is 3.41. The van der Waals surface area contributed by atoms with Gasteiger partial charge in [0.05, 0.1) is 28.1 Å². The Hall–Kier alpha value is -4.27. The van der Waals surface area contributed by atoms with Crippen LogP contribution < -0.4 is 16.6 Å². The highest BCUT2D eigenvalue weighted by molar-refractivity contribution is 6.00. The van der Waals surface area contributed by atoms with E-state index in [2.05, 4.69) is 20.4 Å². The number of aryl methyl sites for hydroxylation is 2. The second-order valence-electron chi connectivity index (χ2n) is 7.55. The fourth-order valence-electron chi connectivity index (χ4n) is 4.06. The first-order chi connectivity index (χ1) is 15.4. The molecule has 4 aromatic heterocycles. The molecule has 0 amide bonds. The van der Waals surface area contributed by atoms with Crippen molar-refractivity contribution in [3.63, 3.8) is 0 Å².